The van der Waals surface area contributed by atoms with Crippen LogP contribution >= 0.6 is 10.8 Å². The summed E-state index contributed by atoms with van der Waals surface area (Å²) < 4.78 is 35.0. The van der Waals surface area contributed by atoms with E-state index in [-0.39, 0.29) is 0 Å². The van der Waals surface area contributed by atoms with Gasteiger partial charge in [-0.3, -0.25) is 4.55 Å². The van der Waals surface area contributed by atoms with Crippen molar-refractivity contribution >= 4 is 19.9 Å². The second kappa shape index (κ2) is 9.99. The van der Waals surface area contributed by atoms with Crippen molar-refractivity contribution in [1.82, 2.24) is 10.3 Å². The van der Waals surface area contributed by atoms with Crippen LogP contribution in [0.1, 0.15) is 24.8 Å². The lowest BCUT2D eigenvalue weighted by molar-refractivity contribution is 0.293. The quantitative estimate of drug-likeness (QED) is 0.364. The Kier molecular flexibility index (Phi) is 8.67. The van der Waals surface area contributed by atoms with Crippen LogP contribution in [0.2, 0.25) is 0 Å². The second-order valence-corrected chi connectivity index (χ2v) is 8.05. The summed E-state index contributed by atoms with van der Waals surface area (Å²) in [5.74, 6) is 1.01. The third-order valence-electron chi connectivity index (χ3n) is 2.65. The van der Waals surface area contributed by atoms with Crippen LogP contribution in [0.15, 0.2) is 18.3 Å². The average molecular weight is 334 g/mol. The third-order valence-corrected chi connectivity index (χ3v) is 4.71. The Morgan fingerprint density at radius 2 is 2.14 bits per heavy atom. The average Bonchev–Trinajstić information content (AvgIpc) is 2.40. The summed E-state index contributed by atoms with van der Waals surface area (Å²) in [4.78, 5) is 4.12. The summed E-state index contributed by atoms with van der Waals surface area (Å²) in [7, 11) is -3.36. The van der Waals surface area contributed by atoms with Gasteiger partial charge in [-0.05, 0) is 55.2 Å². The second-order valence-electron chi connectivity index (χ2n) is 4.58. The molecule has 2 N–H and O–H groups in total. The van der Waals surface area contributed by atoms with Crippen molar-refractivity contribution < 1.29 is 17.7 Å². The fourth-order valence-corrected chi connectivity index (χ4v) is 2.96. The maximum absolute atomic E-state index is 10.4. The van der Waals surface area contributed by atoms with Gasteiger partial charge in [0.1, 0.15) is 0 Å². The van der Waals surface area contributed by atoms with Gasteiger partial charge in [-0.2, -0.15) is 8.42 Å². The van der Waals surface area contributed by atoms with Crippen LogP contribution in [0.4, 0.5) is 0 Å². The van der Waals surface area contributed by atoms with Gasteiger partial charge in [0.15, 0.2) is 0 Å². The zero-order chi connectivity index (χ0) is 15.6. The van der Waals surface area contributed by atoms with E-state index in [9.17, 15) is 8.42 Å². The van der Waals surface area contributed by atoms with Gasteiger partial charge in [0.05, 0.1) is 6.61 Å². The molecule has 8 heteroatoms. The van der Waals surface area contributed by atoms with Crippen LogP contribution in [0.3, 0.4) is 0 Å². The summed E-state index contributed by atoms with van der Waals surface area (Å²) in [6.07, 6.45) is 4.72. The Labute approximate surface area is 129 Å². The number of aryl methyl sites for hydroxylation is 1. The molecule has 120 valence electrons. The lowest BCUT2D eigenvalue weighted by atomic mass is 10.2. The van der Waals surface area contributed by atoms with Crippen molar-refractivity contribution in [3.8, 4) is 5.88 Å². The standard InChI is InChI=1S/C13H22N2O4S2/c1-12-5-7-15-13(11-12)19-9-4-2-3-6-14-8-10-20-21(16,17)18/h5,7,11,14H,2-4,6,8-10H2,1H3,(H,16,17,18). The number of unbranched alkanes of at least 4 members (excludes halogenated alkanes) is 2. The number of nitrogens with one attached hydrogen (secondary N) is 1. The Bertz CT molecular complexity index is 509. The molecule has 1 heterocycles. The fraction of sp³-hybridized carbons (Fsp3) is 0.615. The molecule has 0 aliphatic rings. The molecule has 6 nitrogen and oxygen atoms in total. The highest BCUT2D eigenvalue weighted by Crippen LogP contribution is 2.09. The largest absolute Gasteiger partial charge is 0.478 e. The molecule has 1 aromatic heterocycles. The molecule has 0 fully saturated rings. The number of hydrogen-bond acceptors (Lipinski definition) is 6. The van der Waals surface area contributed by atoms with Gasteiger partial charge in [-0.25, -0.2) is 4.98 Å². The summed E-state index contributed by atoms with van der Waals surface area (Å²) in [6, 6.07) is 3.84. The highest BCUT2D eigenvalue weighted by atomic mass is 33.1. The Balaban J connectivity index is 1.91. The zero-order valence-electron chi connectivity index (χ0n) is 12.1. The first-order valence-electron chi connectivity index (χ1n) is 6.85. The number of ether oxygens (including phenoxy) is 1. The van der Waals surface area contributed by atoms with Crippen LogP contribution in [0, 0.1) is 6.92 Å². The molecule has 21 heavy (non-hydrogen) atoms. The van der Waals surface area contributed by atoms with Gasteiger partial charge in [0.2, 0.25) is 5.88 Å². The molecule has 0 atom stereocenters. The van der Waals surface area contributed by atoms with E-state index in [4.69, 9.17) is 9.29 Å². The van der Waals surface area contributed by atoms with Crippen molar-refractivity contribution in [2.45, 2.75) is 26.2 Å². The first kappa shape index (κ1) is 18.2. The van der Waals surface area contributed by atoms with Gasteiger partial charge in [0, 0.05) is 24.6 Å². The monoisotopic (exact) mass is 334 g/mol. The van der Waals surface area contributed by atoms with E-state index < -0.39 is 9.15 Å². The van der Waals surface area contributed by atoms with E-state index in [2.05, 4.69) is 10.3 Å². The number of rotatable bonds is 11. The maximum Gasteiger partial charge on any atom is 0.319 e. The molecule has 0 aliphatic carbocycles. The van der Waals surface area contributed by atoms with E-state index >= 15 is 0 Å². The van der Waals surface area contributed by atoms with Crippen LogP contribution < -0.4 is 10.1 Å². The molecule has 1 aromatic rings. The van der Waals surface area contributed by atoms with Crippen molar-refractivity contribution in [3.05, 3.63) is 23.9 Å². The van der Waals surface area contributed by atoms with Gasteiger partial charge in [-0.1, -0.05) is 0 Å². The van der Waals surface area contributed by atoms with Crippen molar-refractivity contribution in [2.24, 2.45) is 0 Å². The van der Waals surface area contributed by atoms with Crippen LogP contribution in [0.5, 0.6) is 5.88 Å². The van der Waals surface area contributed by atoms with Gasteiger partial charge >= 0.3 is 9.15 Å². The minimum atomic E-state index is -3.90. The van der Waals surface area contributed by atoms with Crippen LogP contribution in [-0.2, 0) is 9.15 Å². The van der Waals surface area contributed by atoms with E-state index in [1.54, 1.807) is 6.20 Å². The molecule has 0 saturated carbocycles. The van der Waals surface area contributed by atoms with E-state index in [1.165, 1.54) is 0 Å². The molecule has 0 amide bonds. The molecule has 0 saturated heterocycles. The minimum absolute atomic E-state index is 0.348. The highest BCUT2D eigenvalue weighted by molar-refractivity contribution is 8.69. The van der Waals surface area contributed by atoms with Crippen molar-refractivity contribution in [2.75, 3.05) is 25.4 Å². The lowest BCUT2D eigenvalue weighted by Crippen LogP contribution is -2.19. The molecule has 0 radical (unpaired) electrons. The fourth-order valence-electron chi connectivity index (χ4n) is 1.64. The molecule has 1 rings (SSSR count). The van der Waals surface area contributed by atoms with Crippen LogP contribution in [-0.4, -0.2) is 43.4 Å². The lowest BCUT2D eigenvalue weighted by Gasteiger charge is -2.06. The molecular formula is C13H22N2O4S2. The van der Waals surface area contributed by atoms with Gasteiger partial charge in [0.25, 0.3) is 0 Å². The topological polar surface area (TPSA) is 88.5 Å². The van der Waals surface area contributed by atoms with Crippen molar-refractivity contribution in [1.29, 1.82) is 0 Å². The zero-order valence-corrected chi connectivity index (χ0v) is 13.8. The normalized spacial score (nSPS) is 11.5. The molecule has 0 aromatic carbocycles. The first-order valence-corrected chi connectivity index (χ1v) is 9.79. The molecular weight excluding hydrogens is 312 g/mol. The predicted octanol–water partition coefficient (Wildman–Crippen LogP) is 2.06. The Hall–Kier alpha value is -0.830. The van der Waals surface area contributed by atoms with Gasteiger partial charge in [-0.15, -0.1) is 0 Å². The molecule has 0 bridgehead atoms. The molecule has 0 spiro atoms. The summed E-state index contributed by atoms with van der Waals surface area (Å²) in [5.41, 5.74) is 1.13. The SMILES string of the molecule is Cc1ccnc(OCCCCCNCCSS(=O)(=O)O)c1. The van der Waals surface area contributed by atoms with E-state index in [0.29, 0.717) is 35.6 Å². The number of pyridine rings is 1. The number of aromatic nitrogens is 1. The maximum atomic E-state index is 10.4. The third kappa shape index (κ3) is 10.5. The Morgan fingerprint density at radius 3 is 2.86 bits per heavy atom. The Morgan fingerprint density at radius 1 is 1.33 bits per heavy atom. The number of hydrogen-bond donors (Lipinski definition) is 2. The summed E-state index contributed by atoms with van der Waals surface area (Å²) in [5, 5.41) is 3.12. The highest BCUT2D eigenvalue weighted by Gasteiger charge is 2.03. The first-order chi connectivity index (χ1) is 9.97. The molecule has 0 unspecified atom stereocenters. The van der Waals surface area contributed by atoms with Crippen LogP contribution in [0.25, 0.3) is 0 Å². The summed E-state index contributed by atoms with van der Waals surface area (Å²) in [6.45, 7) is 4.04. The van der Waals surface area contributed by atoms with E-state index in [1.807, 2.05) is 19.1 Å². The smallest absolute Gasteiger partial charge is 0.319 e. The minimum Gasteiger partial charge on any atom is -0.478 e. The van der Waals surface area contributed by atoms with Gasteiger partial charge < -0.3 is 10.1 Å². The van der Waals surface area contributed by atoms with Crippen molar-refractivity contribution in [3.63, 3.8) is 0 Å². The predicted molar refractivity (Wildman–Crippen MR) is 85.2 cm³/mol. The summed E-state index contributed by atoms with van der Waals surface area (Å²) >= 11 is 0. The van der Waals surface area contributed by atoms with E-state index in [0.717, 1.165) is 31.4 Å². The number of nitrogens with zero attached hydrogens (tertiary/aromatic N) is 1. The molecule has 0 aliphatic heterocycles.